The normalized spacial score (nSPS) is 12.3. The second-order valence-electron chi connectivity index (χ2n) is 4.47. The summed E-state index contributed by atoms with van der Waals surface area (Å²) < 4.78 is 16.1. The molecule has 4 nitrogen and oxygen atoms in total. The minimum Gasteiger partial charge on any atom is -0.493 e. The first kappa shape index (κ1) is 16.1. The Hall–Kier alpha value is -0.970. The monoisotopic (exact) mass is 287 g/mol. The van der Waals surface area contributed by atoms with Gasteiger partial charge in [-0.25, -0.2) is 0 Å². The quantitative estimate of drug-likeness (QED) is 0.747. The van der Waals surface area contributed by atoms with E-state index in [0.29, 0.717) is 30.4 Å². The van der Waals surface area contributed by atoms with Crippen LogP contribution in [0.25, 0.3) is 0 Å². The van der Waals surface area contributed by atoms with Crippen LogP contribution >= 0.6 is 11.6 Å². The van der Waals surface area contributed by atoms with E-state index in [4.69, 9.17) is 31.5 Å². The second kappa shape index (κ2) is 8.25. The van der Waals surface area contributed by atoms with Crippen molar-refractivity contribution >= 4 is 11.6 Å². The summed E-state index contributed by atoms with van der Waals surface area (Å²) >= 11 is 6.07. The fraction of sp³-hybridized carbons (Fsp3) is 0.571. The molecule has 1 atom stereocenters. The van der Waals surface area contributed by atoms with Crippen molar-refractivity contribution in [3.8, 4) is 11.5 Å². The Balaban J connectivity index is 2.89. The Morgan fingerprint density at radius 3 is 2.58 bits per heavy atom. The van der Waals surface area contributed by atoms with E-state index >= 15 is 0 Å². The van der Waals surface area contributed by atoms with Crippen LogP contribution in [-0.4, -0.2) is 33.5 Å². The van der Waals surface area contributed by atoms with Crippen LogP contribution < -0.4 is 15.2 Å². The smallest absolute Gasteiger partial charge is 0.164 e. The van der Waals surface area contributed by atoms with Gasteiger partial charge in [0.2, 0.25) is 0 Å². The van der Waals surface area contributed by atoms with Gasteiger partial charge in [0.05, 0.1) is 13.7 Å². The first-order chi connectivity index (χ1) is 9.08. The number of halogens is 1. The van der Waals surface area contributed by atoms with Crippen LogP contribution in [0.5, 0.6) is 11.5 Å². The molecule has 1 aromatic rings. The average molecular weight is 288 g/mol. The molecule has 0 aliphatic carbocycles. The molecule has 1 rings (SSSR count). The number of ether oxygens (including phenoxy) is 3. The van der Waals surface area contributed by atoms with E-state index in [1.165, 1.54) is 0 Å². The standard InChI is InChI=1S/C14H22ClNO3/c1-10(16)7-11-8-12(15)9-13(18-3)14(11)19-6-4-5-17-2/h8-10H,4-7,16H2,1-3H3. The second-order valence-corrected chi connectivity index (χ2v) is 4.91. The summed E-state index contributed by atoms with van der Waals surface area (Å²) in [6, 6.07) is 3.65. The molecule has 1 unspecified atom stereocenters. The van der Waals surface area contributed by atoms with E-state index in [1.54, 1.807) is 20.3 Å². The van der Waals surface area contributed by atoms with Crippen molar-refractivity contribution in [3.63, 3.8) is 0 Å². The van der Waals surface area contributed by atoms with Crippen molar-refractivity contribution in [2.45, 2.75) is 25.8 Å². The number of hydrogen-bond acceptors (Lipinski definition) is 4. The van der Waals surface area contributed by atoms with E-state index in [-0.39, 0.29) is 6.04 Å². The van der Waals surface area contributed by atoms with Crippen molar-refractivity contribution in [2.75, 3.05) is 27.4 Å². The molecule has 0 fully saturated rings. The summed E-state index contributed by atoms with van der Waals surface area (Å²) in [6.07, 6.45) is 1.51. The van der Waals surface area contributed by atoms with E-state index in [2.05, 4.69) is 0 Å². The molecule has 0 aliphatic rings. The molecule has 5 heteroatoms. The molecule has 0 radical (unpaired) electrons. The Morgan fingerprint density at radius 1 is 1.26 bits per heavy atom. The minimum absolute atomic E-state index is 0.0319. The van der Waals surface area contributed by atoms with Crippen LogP contribution in [0.4, 0.5) is 0 Å². The van der Waals surface area contributed by atoms with E-state index in [0.717, 1.165) is 17.7 Å². The molecule has 108 valence electrons. The van der Waals surface area contributed by atoms with Gasteiger partial charge in [-0.05, 0) is 19.4 Å². The highest BCUT2D eigenvalue weighted by molar-refractivity contribution is 6.30. The Morgan fingerprint density at radius 2 is 2.00 bits per heavy atom. The zero-order chi connectivity index (χ0) is 14.3. The summed E-state index contributed by atoms with van der Waals surface area (Å²) in [5.74, 6) is 1.36. The van der Waals surface area contributed by atoms with Gasteiger partial charge in [-0.1, -0.05) is 11.6 Å². The number of nitrogens with two attached hydrogens (primary N) is 1. The molecule has 0 heterocycles. The lowest BCUT2D eigenvalue weighted by atomic mass is 10.1. The maximum absolute atomic E-state index is 6.07. The third kappa shape index (κ3) is 5.27. The minimum atomic E-state index is 0.0319. The number of hydrogen-bond donors (Lipinski definition) is 1. The highest BCUT2D eigenvalue weighted by Crippen LogP contribution is 2.35. The molecule has 0 saturated heterocycles. The van der Waals surface area contributed by atoms with Gasteiger partial charge < -0.3 is 19.9 Å². The summed E-state index contributed by atoms with van der Waals surface area (Å²) in [4.78, 5) is 0. The SMILES string of the molecule is COCCCOc1c(CC(C)N)cc(Cl)cc1OC. The Kier molecular flexibility index (Phi) is 6.99. The van der Waals surface area contributed by atoms with Gasteiger partial charge in [-0.15, -0.1) is 0 Å². The van der Waals surface area contributed by atoms with Crippen LogP contribution in [0.3, 0.4) is 0 Å². The lowest BCUT2D eigenvalue weighted by Crippen LogP contribution is -2.18. The molecule has 1 aromatic carbocycles. The van der Waals surface area contributed by atoms with Gasteiger partial charge in [0.25, 0.3) is 0 Å². The Labute approximate surface area is 119 Å². The molecule has 0 aliphatic heterocycles. The molecule has 19 heavy (non-hydrogen) atoms. The fourth-order valence-corrected chi connectivity index (χ4v) is 2.04. The zero-order valence-corrected chi connectivity index (χ0v) is 12.5. The number of rotatable bonds is 8. The molecular formula is C14H22ClNO3. The predicted octanol–water partition coefficient (Wildman–Crippen LogP) is 2.65. The molecule has 0 amide bonds. The van der Waals surface area contributed by atoms with Crippen molar-refractivity contribution in [1.29, 1.82) is 0 Å². The largest absolute Gasteiger partial charge is 0.493 e. The van der Waals surface area contributed by atoms with Gasteiger partial charge in [0.15, 0.2) is 11.5 Å². The molecule has 0 saturated carbocycles. The maximum atomic E-state index is 6.07. The summed E-state index contributed by atoms with van der Waals surface area (Å²) in [7, 11) is 3.27. The highest BCUT2D eigenvalue weighted by atomic mass is 35.5. The van der Waals surface area contributed by atoms with Crippen molar-refractivity contribution in [1.82, 2.24) is 0 Å². The summed E-state index contributed by atoms with van der Waals surface area (Å²) in [5.41, 5.74) is 6.82. The summed E-state index contributed by atoms with van der Waals surface area (Å²) in [6.45, 7) is 3.18. The zero-order valence-electron chi connectivity index (χ0n) is 11.7. The lowest BCUT2D eigenvalue weighted by Gasteiger charge is -2.17. The van der Waals surface area contributed by atoms with E-state index in [9.17, 15) is 0 Å². The van der Waals surface area contributed by atoms with Crippen LogP contribution in [0.1, 0.15) is 18.9 Å². The van der Waals surface area contributed by atoms with E-state index < -0.39 is 0 Å². The topological polar surface area (TPSA) is 53.7 Å². The molecule has 0 spiro atoms. The van der Waals surface area contributed by atoms with Crippen LogP contribution in [0, 0.1) is 0 Å². The molecule has 2 N–H and O–H groups in total. The fourth-order valence-electron chi connectivity index (χ4n) is 1.81. The predicted molar refractivity (Wildman–Crippen MR) is 77.3 cm³/mol. The average Bonchev–Trinajstić information content (AvgIpc) is 2.35. The van der Waals surface area contributed by atoms with Gasteiger partial charge in [-0.3, -0.25) is 0 Å². The number of methoxy groups -OCH3 is 2. The van der Waals surface area contributed by atoms with Crippen LogP contribution in [-0.2, 0) is 11.2 Å². The van der Waals surface area contributed by atoms with Crippen molar-refractivity contribution < 1.29 is 14.2 Å². The van der Waals surface area contributed by atoms with Gasteiger partial charge in [-0.2, -0.15) is 0 Å². The molecule has 0 bridgehead atoms. The van der Waals surface area contributed by atoms with Crippen LogP contribution in [0.2, 0.25) is 5.02 Å². The first-order valence-corrected chi connectivity index (χ1v) is 6.70. The third-order valence-electron chi connectivity index (χ3n) is 2.60. The molecular weight excluding hydrogens is 266 g/mol. The lowest BCUT2D eigenvalue weighted by molar-refractivity contribution is 0.170. The molecule has 0 aromatic heterocycles. The number of benzene rings is 1. The van der Waals surface area contributed by atoms with Gasteiger partial charge in [0.1, 0.15) is 0 Å². The van der Waals surface area contributed by atoms with Gasteiger partial charge >= 0.3 is 0 Å². The maximum Gasteiger partial charge on any atom is 0.164 e. The van der Waals surface area contributed by atoms with Crippen LogP contribution in [0.15, 0.2) is 12.1 Å². The third-order valence-corrected chi connectivity index (χ3v) is 2.82. The van der Waals surface area contributed by atoms with Gasteiger partial charge in [0, 0.05) is 42.8 Å². The van der Waals surface area contributed by atoms with Crippen molar-refractivity contribution in [3.05, 3.63) is 22.7 Å². The summed E-state index contributed by atoms with van der Waals surface area (Å²) in [5, 5.41) is 0.622. The first-order valence-electron chi connectivity index (χ1n) is 6.32. The van der Waals surface area contributed by atoms with Crippen molar-refractivity contribution in [2.24, 2.45) is 5.73 Å². The Bertz CT molecular complexity index is 397. The highest BCUT2D eigenvalue weighted by Gasteiger charge is 2.14. The van der Waals surface area contributed by atoms with E-state index in [1.807, 2.05) is 13.0 Å².